The lowest BCUT2D eigenvalue weighted by Gasteiger charge is -2.06. The van der Waals surface area contributed by atoms with Gasteiger partial charge in [-0.15, -0.1) is 0 Å². The molecule has 0 spiro atoms. The minimum absolute atomic E-state index is 0.810. The van der Waals surface area contributed by atoms with Crippen LogP contribution >= 0.6 is 0 Å². The lowest BCUT2D eigenvalue weighted by molar-refractivity contribution is 0.315. The summed E-state index contributed by atoms with van der Waals surface area (Å²) in [5.41, 5.74) is 1.21. The van der Waals surface area contributed by atoms with Gasteiger partial charge in [0.1, 0.15) is 5.75 Å². The molecule has 1 aromatic rings. The van der Waals surface area contributed by atoms with Gasteiger partial charge >= 0.3 is 0 Å². The Kier molecular flexibility index (Phi) is 8.01. The van der Waals surface area contributed by atoms with Gasteiger partial charge in [0, 0.05) is 0 Å². The largest absolute Gasteiger partial charge is 0.493 e. The Balaban J connectivity index is 0.000000500. The molecule has 80 valence electrons. The Labute approximate surface area is 88.1 Å². The van der Waals surface area contributed by atoms with Crippen LogP contribution in [0.4, 0.5) is 0 Å². The molecule has 1 rings (SSSR count). The fourth-order valence-corrected chi connectivity index (χ4v) is 0.930. The van der Waals surface area contributed by atoms with Gasteiger partial charge in [0.05, 0.1) is 6.61 Å². The van der Waals surface area contributed by atoms with Crippen molar-refractivity contribution in [2.75, 3.05) is 6.61 Å². The van der Waals surface area contributed by atoms with E-state index in [4.69, 9.17) is 4.74 Å². The van der Waals surface area contributed by atoms with E-state index in [-0.39, 0.29) is 0 Å². The Morgan fingerprint density at radius 1 is 1.07 bits per heavy atom. The van der Waals surface area contributed by atoms with Crippen LogP contribution in [-0.2, 0) is 0 Å². The molecule has 0 radical (unpaired) electrons. The van der Waals surface area contributed by atoms with Gasteiger partial charge in [-0.25, -0.2) is 0 Å². The van der Waals surface area contributed by atoms with Crippen molar-refractivity contribution in [1.82, 2.24) is 0 Å². The van der Waals surface area contributed by atoms with Gasteiger partial charge in [-0.1, -0.05) is 45.4 Å². The van der Waals surface area contributed by atoms with E-state index in [1.54, 1.807) is 0 Å². The number of hydrogen-bond acceptors (Lipinski definition) is 1. The first-order chi connectivity index (χ1) is 6.76. The van der Waals surface area contributed by atoms with Gasteiger partial charge in [-0.2, -0.15) is 0 Å². The maximum atomic E-state index is 5.49. The number of benzene rings is 1. The van der Waals surface area contributed by atoms with E-state index in [0.717, 1.165) is 18.8 Å². The summed E-state index contributed by atoms with van der Waals surface area (Å²) >= 11 is 0. The normalized spacial score (nSPS) is 8.86. The molecular formula is C13H22O. The third-order valence-corrected chi connectivity index (χ3v) is 1.56. The zero-order valence-electron chi connectivity index (χ0n) is 9.84. The summed E-state index contributed by atoms with van der Waals surface area (Å²) < 4.78 is 5.49. The van der Waals surface area contributed by atoms with Crippen molar-refractivity contribution >= 4 is 0 Å². The molecule has 0 N–H and O–H groups in total. The van der Waals surface area contributed by atoms with E-state index in [1.807, 2.05) is 18.2 Å². The molecule has 0 aliphatic carbocycles. The fourth-order valence-electron chi connectivity index (χ4n) is 0.930. The van der Waals surface area contributed by atoms with Gasteiger partial charge < -0.3 is 4.74 Å². The number of rotatable bonds is 3. The fraction of sp³-hybridized carbons (Fsp3) is 0.538. The molecule has 0 heterocycles. The van der Waals surface area contributed by atoms with Crippen molar-refractivity contribution in [2.24, 2.45) is 0 Å². The van der Waals surface area contributed by atoms with Crippen molar-refractivity contribution in [2.45, 2.75) is 40.5 Å². The van der Waals surface area contributed by atoms with E-state index in [0.29, 0.717) is 0 Å². The molecule has 0 amide bonds. The number of ether oxygens (including phenoxy) is 1. The standard InChI is InChI=1S/C10H14O.C3H8/c1-3-8-11-10-7-5-4-6-9(10)2;1-3-2/h4-7H,3,8H2,1-2H3;3H2,1-2H3. The van der Waals surface area contributed by atoms with Crippen molar-refractivity contribution in [3.63, 3.8) is 0 Å². The van der Waals surface area contributed by atoms with E-state index in [1.165, 1.54) is 12.0 Å². The van der Waals surface area contributed by atoms with Crippen molar-refractivity contribution in [3.8, 4) is 5.75 Å². The molecule has 14 heavy (non-hydrogen) atoms. The Morgan fingerprint density at radius 2 is 1.64 bits per heavy atom. The van der Waals surface area contributed by atoms with E-state index < -0.39 is 0 Å². The second kappa shape index (κ2) is 8.61. The minimum Gasteiger partial charge on any atom is -0.493 e. The zero-order chi connectivity index (χ0) is 10.8. The highest BCUT2D eigenvalue weighted by atomic mass is 16.5. The molecule has 0 aromatic heterocycles. The summed E-state index contributed by atoms with van der Waals surface area (Å²) in [5, 5.41) is 0. The first kappa shape index (κ1) is 13.0. The summed E-state index contributed by atoms with van der Waals surface area (Å²) in [4.78, 5) is 0. The first-order valence-electron chi connectivity index (χ1n) is 5.44. The van der Waals surface area contributed by atoms with Crippen LogP contribution in [0.2, 0.25) is 0 Å². The summed E-state index contributed by atoms with van der Waals surface area (Å²) in [6.07, 6.45) is 2.31. The van der Waals surface area contributed by atoms with Gasteiger partial charge in [0.25, 0.3) is 0 Å². The SMILES string of the molecule is CCC.CCCOc1ccccc1C. The molecule has 0 unspecified atom stereocenters. The number of para-hydroxylation sites is 1. The van der Waals surface area contributed by atoms with E-state index in [9.17, 15) is 0 Å². The Morgan fingerprint density at radius 3 is 2.14 bits per heavy atom. The van der Waals surface area contributed by atoms with Crippen LogP contribution in [0.1, 0.15) is 39.2 Å². The van der Waals surface area contributed by atoms with Crippen LogP contribution in [0.15, 0.2) is 24.3 Å². The molecule has 0 bridgehead atoms. The third kappa shape index (κ3) is 5.63. The topological polar surface area (TPSA) is 9.23 Å². The summed E-state index contributed by atoms with van der Waals surface area (Å²) in [6, 6.07) is 8.09. The third-order valence-electron chi connectivity index (χ3n) is 1.56. The van der Waals surface area contributed by atoms with E-state index in [2.05, 4.69) is 33.8 Å². The zero-order valence-corrected chi connectivity index (χ0v) is 9.84. The molecule has 0 saturated carbocycles. The molecule has 0 atom stereocenters. The molecular weight excluding hydrogens is 172 g/mol. The molecule has 0 saturated heterocycles. The number of aryl methyl sites for hydroxylation is 1. The summed E-state index contributed by atoms with van der Waals surface area (Å²) in [6.45, 7) is 9.23. The average Bonchev–Trinajstić information content (AvgIpc) is 2.18. The van der Waals surface area contributed by atoms with E-state index >= 15 is 0 Å². The highest BCUT2D eigenvalue weighted by Gasteiger charge is 1.94. The molecule has 0 aliphatic rings. The highest BCUT2D eigenvalue weighted by Crippen LogP contribution is 2.15. The van der Waals surface area contributed by atoms with Crippen LogP contribution < -0.4 is 4.74 Å². The lowest BCUT2D eigenvalue weighted by Crippen LogP contribution is -1.95. The molecule has 0 fully saturated rings. The second-order valence-corrected chi connectivity index (χ2v) is 3.32. The predicted molar refractivity (Wildman–Crippen MR) is 62.9 cm³/mol. The van der Waals surface area contributed by atoms with Crippen LogP contribution in [-0.4, -0.2) is 6.61 Å². The van der Waals surface area contributed by atoms with Crippen molar-refractivity contribution < 1.29 is 4.74 Å². The monoisotopic (exact) mass is 194 g/mol. The van der Waals surface area contributed by atoms with Crippen LogP contribution in [0.3, 0.4) is 0 Å². The van der Waals surface area contributed by atoms with Crippen LogP contribution in [0.25, 0.3) is 0 Å². The minimum atomic E-state index is 0.810. The van der Waals surface area contributed by atoms with Crippen LogP contribution in [0, 0.1) is 6.92 Å². The van der Waals surface area contributed by atoms with Crippen LogP contribution in [0.5, 0.6) is 5.75 Å². The van der Waals surface area contributed by atoms with Gasteiger partial charge in [-0.05, 0) is 25.0 Å². The Hall–Kier alpha value is -0.980. The molecule has 1 nitrogen and oxygen atoms in total. The highest BCUT2D eigenvalue weighted by molar-refractivity contribution is 5.31. The maximum Gasteiger partial charge on any atom is 0.122 e. The maximum absolute atomic E-state index is 5.49. The van der Waals surface area contributed by atoms with Gasteiger partial charge in [0.15, 0.2) is 0 Å². The van der Waals surface area contributed by atoms with Crippen molar-refractivity contribution in [1.29, 1.82) is 0 Å². The molecule has 1 heteroatoms. The predicted octanol–water partition coefficient (Wildman–Crippen LogP) is 4.20. The molecule has 1 aromatic carbocycles. The molecule has 0 aliphatic heterocycles. The summed E-state index contributed by atoms with van der Waals surface area (Å²) in [7, 11) is 0. The quantitative estimate of drug-likeness (QED) is 0.700. The smallest absolute Gasteiger partial charge is 0.122 e. The van der Waals surface area contributed by atoms with Gasteiger partial charge in [-0.3, -0.25) is 0 Å². The van der Waals surface area contributed by atoms with Gasteiger partial charge in [0.2, 0.25) is 0 Å². The Bertz CT molecular complexity index is 230. The summed E-state index contributed by atoms with van der Waals surface area (Å²) in [5.74, 6) is 1.01. The first-order valence-corrected chi connectivity index (χ1v) is 5.44. The van der Waals surface area contributed by atoms with Crippen molar-refractivity contribution in [3.05, 3.63) is 29.8 Å². The lowest BCUT2D eigenvalue weighted by atomic mass is 10.2. The second-order valence-electron chi connectivity index (χ2n) is 3.32. The average molecular weight is 194 g/mol. The number of hydrogen-bond donors (Lipinski definition) is 0.